The zero-order valence-electron chi connectivity index (χ0n) is 10.8. The van der Waals surface area contributed by atoms with E-state index in [1.54, 1.807) is 43.5 Å². The molecule has 0 aliphatic heterocycles. The molecule has 0 fully saturated rings. The minimum absolute atomic E-state index is 0.477. The monoisotopic (exact) mass is 254 g/mol. The van der Waals surface area contributed by atoms with Gasteiger partial charge in [0.2, 0.25) is 0 Å². The molecule has 0 aliphatic rings. The van der Waals surface area contributed by atoms with Gasteiger partial charge in [-0.1, -0.05) is 6.07 Å². The van der Waals surface area contributed by atoms with E-state index in [9.17, 15) is 5.11 Å². The van der Waals surface area contributed by atoms with Crippen molar-refractivity contribution >= 4 is 0 Å². The van der Waals surface area contributed by atoms with E-state index in [1.807, 2.05) is 6.92 Å². The number of aryl methyl sites for hydroxylation is 1. The number of benzene rings is 1. The first-order chi connectivity index (χ1) is 9.11. The maximum atomic E-state index is 9.74. The Bertz CT molecular complexity index is 630. The molecule has 4 nitrogen and oxygen atoms in total. The van der Waals surface area contributed by atoms with Gasteiger partial charge in [-0.15, -0.1) is 0 Å². The summed E-state index contributed by atoms with van der Waals surface area (Å²) in [4.78, 5) is 4.14. The summed E-state index contributed by atoms with van der Waals surface area (Å²) in [6, 6.07) is 10.6. The highest BCUT2D eigenvalue weighted by Gasteiger charge is 2.12. The van der Waals surface area contributed by atoms with Crippen molar-refractivity contribution in [1.82, 2.24) is 4.98 Å². The molecule has 2 aromatic rings. The van der Waals surface area contributed by atoms with Crippen LogP contribution in [0.3, 0.4) is 0 Å². The number of hydrogen-bond donors (Lipinski definition) is 1. The van der Waals surface area contributed by atoms with Gasteiger partial charge in [0.05, 0.1) is 23.4 Å². The molecule has 0 unspecified atom stereocenters. The van der Waals surface area contributed by atoms with Crippen molar-refractivity contribution in [1.29, 1.82) is 5.26 Å². The number of hydrogen-bond acceptors (Lipinski definition) is 4. The number of ether oxygens (including phenoxy) is 1. The average molecular weight is 254 g/mol. The lowest BCUT2D eigenvalue weighted by atomic mass is 10.1. The molecule has 96 valence electrons. The van der Waals surface area contributed by atoms with E-state index in [0.29, 0.717) is 22.6 Å². The van der Waals surface area contributed by atoms with Crippen molar-refractivity contribution < 1.29 is 9.84 Å². The van der Waals surface area contributed by atoms with E-state index in [0.717, 1.165) is 5.69 Å². The van der Waals surface area contributed by atoms with E-state index in [1.165, 1.54) is 0 Å². The van der Waals surface area contributed by atoms with Crippen LogP contribution in [0.5, 0.6) is 11.5 Å². The Balaban J connectivity index is 2.44. The molecule has 1 N–H and O–H groups in total. The van der Waals surface area contributed by atoms with Crippen LogP contribution >= 0.6 is 0 Å². The fourth-order valence-electron chi connectivity index (χ4n) is 1.73. The number of pyridine rings is 1. The number of nitrogens with zero attached hydrogens (tertiary/aromatic N) is 2. The number of aliphatic hydroxyl groups excluding tert-OH is 1. The summed E-state index contributed by atoms with van der Waals surface area (Å²) in [7, 11) is 0. The zero-order valence-corrected chi connectivity index (χ0v) is 10.8. The van der Waals surface area contributed by atoms with Crippen LogP contribution in [0.25, 0.3) is 0 Å². The van der Waals surface area contributed by atoms with E-state index >= 15 is 0 Å². The Kier molecular flexibility index (Phi) is 3.79. The standard InChI is InChI=1S/C15H14N2O2/c1-10-14(4-3-7-17-10)19-15-8-12(9-16)5-6-13(15)11(2)18/h3-8,11,18H,1-2H3/t11-/m1/s1. The quantitative estimate of drug-likeness (QED) is 0.913. The van der Waals surface area contributed by atoms with Gasteiger partial charge in [-0.25, -0.2) is 0 Å². The second-order valence-corrected chi connectivity index (χ2v) is 4.23. The van der Waals surface area contributed by atoms with Crippen LogP contribution in [-0.2, 0) is 0 Å². The molecule has 2 rings (SSSR count). The van der Waals surface area contributed by atoms with Crippen molar-refractivity contribution in [3.8, 4) is 17.6 Å². The second kappa shape index (κ2) is 5.51. The molecule has 0 aliphatic carbocycles. The predicted octanol–water partition coefficient (Wildman–Crippen LogP) is 3.11. The fourth-order valence-corrected chi connectivity index (χ4v) is 1.73. The molecule has 1 heterocycles. The Hall–Kier alpha value is -2.38. The second-order valence-electron chi connectivity index (χ2n) is 4.23. The van der Waals surface area contributed by atoms with Gasteiger partial charge in [-0.05, 0) is 38.1 Å². The molecular formula is C15H14N2O2. The van der Waals surface area contributed by atoms with Gasteiger partial charge in [0.1, 0.15) is 11.5 Å². The Morgan fingerprint density at radius 3 is 2.74 bits per heavy atom. The lowest BCUT2D eigenvalue weighted by molar-refractivity contribution is 0.195. The van der Waals surface area contributed by atoms with Crippen LogP contribution < -0.4 is 4.74 Å². The van der Waals surface area contributed by atoms with Crippen molar-refractivity contribution in [2.45, 2.75) is 20.0 Å². The topological polar surface area (TPSA) is 66.1 Å². The van der Waals surface area contributed by atoms with Crippen molar-refractivity contribution in [2.75, 3.05) is 0 Å². The molecule has 0 amide bonds. The first-order valence-corrected chi connectivity index (χ1v) is 5.93. The van der Waals surface area contributed by atoms with Gasteiger partial charge in [0.25, 0.3) is 0 Å². The van der Waals surface area contributed by atoms with Gasteiger partial charge < -0.3 is 9.84 Å². The number of aromatic nitrogens is 1. The predicted molar refractivity (Wildman–Crippen MR) is 70.8 cm³/mol. The summed E-state index contributed by atoms with van der Waals surface area (Å²) in [5.74, 6) is 1.09. The first-order valence-electron chi connectivity index (χ1n) is 5.93. The maximum Gasteiger partial charge on any atom is 0.148 e. The highest BCUT2D eigenvalue weighted by atomic mass is 16.5. The minimum Gasteiger partial charge on any atom is -0.455 e. The highest BCUT2D eigenvalue weighted by Crippen LogP contribution is 2.31. The SMILES string of the molecule is Cc1ncccc1Oc1cc(C#N)ccc1[C@@H](C)O. The van der Waals surface area contributed by atoms with Gasteiger partial charge in [-0.2, -0.15) is 5.26 Å². The lowest BCUT2D eigenvalue weighted by Crippen LogP contribution is -1.98. The summed E-state index contributed by atoms with van der Waals surface area (Å²) in [5, 5.41) is 18.7. The van der Waals surface area contributed by atoms with E-state index in [4.69, 9.17) is 10.00 Å². The first kappa shape index (κ1) is 13.1. The summed E-state index contributed by atoms with van der Waals surface area (Å²) in [6.45, 7) is 3.50. The normalized spacial score (nSPS) is 11.7. The molecule has 0 saturated heterocycles. The summed E-state index contributed by atoms with van der Waals surface area (Å²) in [6.07, 6.45) is 1.02. The van der Waals surface area contributed by atoms with Crippen LogP contribution in [0.4, 0.5) is 0 Å². The van der Waals surface area contributed by atoms with Crippen molar-refractivity contribution in [3.05, 3.63) is 53.3 Å². The lowest BCUT2D eigenvalue weighted by Gasteiger charge is -2.14. The number of aliphatic hydroxyl groups is 1. The summed E-state index contributed by atoms with van der Waals surface area (Å²) >= 11 is 0. The number of nitriles is 1. The van der Waals surface area contributed by atoms with E-state index in [-0.39, 0.29) is 0 Å². The molecule has 1 atom stereocenters. The third-order valence-corrected chi connectivity index (χ3v) is 2.77. The maximum absolute atomic E-state index is 9.74. The number of rotatable bonds is 3. The van der Waals surface area contributed by atoms with Crippen LogP contribution in [0.2, 0.25) is 0 Å². The van der Waals surface area contributed by atoms with Gasteiger partial charge in [-0.3, -0.25) is 4.98 Å². The summed E-state index contributed by atoms with van der Waals surface area (Å²) < 4.78 is 5.77. The smallest absolute Gasteiger partial charge is 0.148 e. The van der Waals surface area contributed by atoms with Gasteiger partial charge in [0, 0.05) is 11.8 Å². The third kappa shape index (κ3) is 2.90. The van der Waals surface area contributed by atoms with Crippen LogP contribution in [-0.4, -0.2) is 10.1 Å². The Labute approximate surface area is 111 Å². The molecule has 4 heteroatoms. The molecule has 19 heavy (non-hydrogen) atoms. The summed E-state index contributed by atoms with van der Waals surface area (Å²) in [5.41, 5.74) is 1.88. The molecular weight excluding hydrogens is 240 g/mol. The fraction of sp³-hybridized carbons (Fsp3) is 0.200. The minimum atomic E-state index is -0.667. The molecule has 0 saturated carbocycles. The highest BCUT2D eigenvalue weighted by molar-refractivity contribution is 5.46. The van der Waals surface area contributed by atoms with Gasteiger partial charge in [0.15, 0.2) is 0 Å². The molecule has 0 bridgehead atoms. The van der Waals surface area contributed by atoms with E-state index < -0.39 is 6.10 Å². The molecule has 1 aromatic carbocycles. The van der Waals surface area contributed by atoms with Crippen LogP contribution in [0.15, 0.2) is 36.5 Å². The molecule has 0 radical (unpaired) electrons. The zero-order chi connectivity index (χ0) is 13.8. The van der Waals surface area contributed by atoms with Crippen molar-refractivity contribution in [3.63, 3.8) is 0 Å². The van der Waals surface area contributed by atoms with Crippen LogP contribution in [0.1, 0.15) is 29.8 Å². The Morgan fingerprint density at radius 1 is 1.32 bits per heavy atom. The molecule has 1 aromatic heterocycles. The van der Waals surface area contributed by atoms with Crippen LogP contribution in [0, 0.1) is 18.3 Å². The average Bonchev–Trinajstić information content (AvgIpc) is 2.41. The molecule has 0 spiro atoms. The largest absolute Gasteiger partial charge is 0.455 e. The van der Waals surface area contributed by atoms with Crippen molar-refractivity contribution in [2.24, 2.45) is 0 Å². The third-order valence-electron chi connectivity index (χ3n) is 2.77. The van der Waals surface area contributed by atoms with Gasteiger partial charge >= 0.3 is 0 Å². The van der Waals surface area contributed by atoms with E-state index in [2.05, 4.69) is 11.1 Å². The Morgan fingerprint density at radius 2 is 2.11 bits per heavy atom.